The van der Waals surface area contributed by atoms with E-state index in [1.807, 2.05) is 48.3 Å². The van der Waals surface area contributed by atoms with Crippen molar-refractivity contribution >= 4 is 23.4 Å². The van der Waals surface area contributed by atoms with Crippen molar-refractivity contribution in [2.24, 2.45) is 0 Å². The van der Waals surface area contributed by atoms with Crippen molar-refractivity contribution in [3.8, 4) is 0 Å². The summed E-state index contributed by atoms with van der Waals surface area (Å²) in [6, 6.07) is 7.63. The van der Waals surface area contributed by atoms with Gasteiger partial charge in [-0.05, 0) is 42.4 Å². The number of anilines is 1. The third-order valence-corrected chi connectivity index (χ3v) is 4.92. The number of nitrogens with zero attached hydrogens (tertiary/aromatic N) is 2. The van der Waals surface area contributed by atoms with Crippen molar-refractivity contribution in [3.63, 3.8) is 0 Å². The molecule has 1 fully saturated rings. The first-order valence-electron chi connectivity index (χ1n) is 7.25. The van der Waals surface area contributed by atoms with Crippen LogP contribution < -0.4 is 5.32 Å². The molecule has 1 atom stereocenters. The normalized spacial score (nSPS) is 21.0. The number of carbonyl (C=O) groups is 1. The smallest absolute Gasteiger partial charge is 0.257 e. The summed E-state index contributed by atoms with van der Waals surface area (Å²) in [4.78, 5) is 12.1. The van der Waals surface area contributed by atoms with E-state index < -0.39 is 5.60 Å². The van der Waals surface area contributed by atoms with E-state index in [0.29, 0.717) is 24.4 Å². The predicted molar refractivity (Wildman–Crippen MR) is 88.0 cm³/mol. The van der Waals surface area contributed by atoms with Crippen LogP contribution in [0.1, 0.15) is 17.5 Å². The summed E-state index contributed by atoms with van der Waals surface area (Å²) in [6.07, 6.45) is 4.33. The number of amides is 1. The highest BCUT2D eigenvalue weighted by Crippen LogP contribution is 2.29. The summed E-state index contributed by atoms with van der Waals surface area (Å²) in [5.74, 6) is 0.981. The third kappa shape index (κ3) is 3.34. The number of aromatic nitrogens is 2. The number of hydrogen-bond donors (Lipinski definition) is 2. The van der Waals surface area contributed by atoms with Crippen LogP contribution in [0, 0.1) is 6.92 Å². The second-order valence-corrected chi connectivity index (χ2v) is 6.81. The van der Waals surface area contributed by atoms with E-state index in [1.54, 1.807) is 11.8 Å². The van der Waals surface area contributed by atoms with Gasteiger partial charge in [-0.15, -0.1) is 0 Å². The van der Waals surface area contributed by atoms with E-state index in [2.05, 4.69) is 10.4 Å². The van der Waals surface area contributed by atoms with Gasteiger partial charge in [0.1, 0.15) is 0 Å². The maximum absolute atomic E-state index is 12.1. The van der Waals surface area contributed by atoms with E-state index in [1.165, 1.54) is 0 Å². The van der Waals surface area contributed by atoms with Gasteiger partial charge in [-0.1, -0.05) is 12.1 Å². The molecule has 22 heavy (non-hydrogen) atoms. The largest absolute Gasteiger partial charge is 0.379 e. The highest BCUT2D eigenvalue weighted by molar-refractivity contribution is 7.99. The number of benzene rings is 1. The van der Waals surface area contributed by atoms with E-state index >= 15 is 0 Å². The Morgan fingerprint density at radius 3 is 2.82 bits per heavy atom. The maximum Gasteiger partial charge on any atom is 0.257 e. The number of thioether (sulfide) groups is 1. The minimum atomic E-state index is -1.23. The summed E-state index contributed by atoms with van der Waals surface area (Å²) in [7, 11) is 0. The first-order valence-corrected chi connectivity index (χ1v) is 8.40. The molecule has 6 heteroatoms. The Labute approximate surface area is 133 Å². The van der Waals surface area contributed by atoms with Crippen LogP contribution >= 0.6 is 11.8 Å². The Kier molecular flexibility index (Phi) is 4.22. The fourth-order valence-electron chi connectivity index (χ4n) is 2.41. The first kappa shape index (κ1) is 15.1. The van der Waals surface area contributed by atoms with Crippen molar-refractivity contribution in [2.45, 2.75) is 25.5 Å². The van der Waals surface area contributed by atoms with E-state index in [0.717, 1.165) is 16.9 Å². The number of hydrogen-bond acceptors (Lipinski definition) is 4. The minimum absolute atomic E-state index is 0.312. The molecule has 2 N–H and O–H groups in total. The van der Waals surface area contributed by atoms with Gasteiger partial charge in [0.25, 0.3) is 5.91 Å². The standard InChI is InChI=1S/C16H19N3O2S/c1-12-8-17-19(9-12)10-13-2-4-14(5-3-13)18-15(20)16(21)6-7-22-11-16/h2-5,8-9,21H,6-7,10-11H2,1H3,(H,18,20). The Morgan fingerprint density at radius 1 is 1.45 bits per heavy atom. The molecule has 0 aliphatic carbocycles. The monoisotopic (exact) mass is 317 g/mol. The lowest BCUT2D eigenvalue weighted by Crippen LogP contribution is -2.42. The van der Waals surface area contributed by atoms with Gasteiger partial charge in [-0.3, -0.25) is 9.48 Å². The lowest BCUT2D eigenvalue weighted by atomic mass is 10.0. The van der Waals surface area contributed by atoms with Crippen LogP contribution in [0.25, 0.3) is 0 Å². The van der Waals surface area contributed by atoms with Crippen molar-refractivity contribution in [1.82, 2.24) is 9.78 Å². The second-order valence-electron chi connectivity index (χ2n) is 5.70. The van der Waals surface area contributed by atoms with E-state index in [4.69, 9.17) is 0 Å². The zero-order valence-electron chi connectivity index (χ0n) is 12.5. The quantitative estimate of drug-likeness (QED) is 0.906. The van der Waals surface area contributed by atoms with Gasteiger partial charge in [-0.2, -0.15) is 16.9 Å². The molecule has 1 aliphatic heterocycles. The number of nitrogens with one attached hydrogen (secondary N) is 1. The zero-order chi connectivity index (χ0) is 15.6. The van der Waals surface area contributed by atoms with Crippen LogP contribution in [-0.4, -0.2) is 37.9 Å². The summed E-state index contributed by atoms with van der Waals surface area (Å²) in [6.45, 7) is 2.71. The van der Waals surface area contributed by atoms with Crippen LogP contribution in [0.3, 0.4) is 0 Å². The minimum Gasteiger partial charge on any atom is -0.379 e. The van der Waals surface area contributed by atoms with Crippen LogP contribution in [0.4, 0.5) is 5.69 Å². The molecule has 116 valence electrons. The molecule has 1 amide bonds. The SMILES string of the molecule is Cc1cnn(Cc2ccc(NC(=O)C3(O)CCSC3)cc2)c1. The topological polar surface area (TPSA) is 67.2 Å². The van der Waals surface area contributed by atoms with Crippen LogP contribution in [0.2, 0.25) is 0 Å². The number of aryl methyl sites for hydroxylation is 1. The van der Waals surface area contributed by atoms with Gasteiger partial charge in [0.05, 0.1) is 12.7 Å². The van der Waals surface area contributed by atoms with E-state index in [-0.39, 0.29) is 5.91 Å². The third-order valence-electron chi connectivity index (χ3n) is 3.74. The molecule has 3 rings (SSSR count). The van der Waals surface area contributed by atoms with Crippen molar-refractivity contribution in [3.05, 3.63) is 47.8 Å². The Balaban J connectivity index is 1.63. The lowest BCUT2D eigenvalue weighted by Gasteiger charge is -2.20. The lowest BCUT2D eigenvalue weighted by molar-refractivity contribution is -0.131. The molecule has 1 aromatic heterocycles. The number of aliphatic hydroxyl groups is 1. The van der Waals surface area contributed by atoms with E-state index in [9.17, 15) is 9.90 Å². The molecule has 0 saturated carbocycles. The molecular weight excluding hydrogens is 298 g/mol. The summed E-state index contributed by atoms with van der Waals surface area (Å²) >= 11 is 1.61. The van der Waals surface area contributed by atoms with Crippen molar-refractivity contribution in [2.75, 3.05) is 16.8 Å². The first-order chi connectivity index (χ1) is 10.5. The fraction of sp³-hybridized carbons (Fsp3) is 0.375. The molecule has 2 aromatic rings. The predicted octanol–water partition coefficient (Wildman–Crippen LogP) is 2.05. The molecule has 1 aliphatic rings. The molecule has 5 nitrogen and oxygen atoms in total. The van der Waals surface area contributed by atoms with Crippen LogP contribution in [0.5, 0.6) is 0 Å². The highest BCUT2D eigenvalue weighted by Gasteiger charge is 2.39. The van der Waals surface area contributed by atoms with Crippen molar-refractivity contribution < 1.29 is 9.90 Å². The summed E-state index contributed by atoms with van der Waals surface area (Å²) in [5.41, 5.74) is 1.72. The molecule has 0 spiro atoms. The van der Waals surface area contributed by atoms with Crippen LogP contribution in [-0.2, 0) is 11.3 Å². The van der Waals surface area contributed by atoms with Crippen LogP contribution in [0.15, 0.2) is 36.7 Å². The molecule has 0 radical (unpaired) electrons. The molecule has 1 aromatic carbocycles. The molecule has 1 saturated heterocycles. The highest BCUT2D eigenvalue weighted by atomic mass is 32.2. The van der Waals surface area contributed by atoms with Crippen molar-refractivity contribution in [1.29, 1.82) is 0 Å². The van der Waals surface area contributed by atoms with Gasteiger partial charge in [0.2, 0.25) is 0 Å². The van der Waals surface area contributed by atoms with Gasteiger partial charge >= 0.3 is 0 Å². The summed E-state index contributed by atoms with van der Waals surface area (Å²) in [5, 5.41) is 17.3. The second kappa shape index (κ2) is 6.14. The average Bonchev–Trinajstić information content (AvgIpc) is 3.11. The Morgan fingerprint density at radius 2 is 2.23 bits per heavy atom. The molecular formula is C16H19N3O2S. The fourth-order valence-corrected chi connectivity index (χ4v) is 3.65. The van der Waals surface area contributed by atoms with Gasteiger partial charge in [0, 0.05) is 17.6 Å². The summed E-state index contributed by atoms with van der Waals surface area (Å²) < 4.78 is 1.88. The Hall–Kier alpha value is -1.79. The molecule has 0 bridgehead atoms. The molecule has 1 unspecified atom stereocenters. The van der Waals surface area contributed by atoms with Gasteiger partial charge < -0.3 is 10.4 Å². The Bertz CT molecular complexity index is 660. The number of carbonyl (C=O) groups excluding carboxylic acids is 1. The zero-order valence-corrected chi connectivity index (χ0v) is 13.3. The number of rotatable bonds is 4. The molecule has 2 heterocycles. The van der Waals surface area contributed by atoms with Gasteiger partial charge in [0.15, 0.2) is 5.60 Å². The van der Waals surface area contributed by atoms with Gasteiger partial charge in [-0.25, -0.2) is 0 Å². The maximum atomic E-state index is 12.1. The average molecular weight is 317 g/mol.